The molecule has 158 valence electrons. The van der Waals surface area contributed by atoms with Gasteiger partial charge in [0, 0.05) is 31.7 Å². The van der Waals surface area contributed by atoms with Crippen LogP contribution in [0, 0.1) is 0 Å². The predicted octanol–water partition coefficient (Wildman–Crippen LogP) is 4.62. The van der Waals surface area contributed by atoms with Crippen LogP contribution in [-0.4, -0.2) is 28.6 Å². The Hall–Kier alpha value is -2.60. The van der Waals surface area contributed by atoms with Gasteiger partial charge in [-0.25, -0.2) is 0 Å². The number of hydrogen-bond donors (Lipinski definition) is 2. The second kappa shape index (κ2) is 9.94. The smallest absolute Gasteiger partial charge is 0.222 e. The molecule has 0 unspecified atom stereocenters. The first-order chi connectivity index (χ1) is 14.7. The zero-order valence-corrected chi connectivity index (χ0v) is 18.0. The number of likely N-dealkylation sites (tertiary alicyclic amines) is 1. The molecule has 5 nitrogen and oxygen atoms in total. The van der Waals surface area contributed by atoms with Crippen LogP contribution in [0.5, 0.6) is 5.75 Å². The minimum Gasteiger partial charge on any atom is -0.490 e. The third kappa shape index (κ3) is 5.51. The molecule has 0 aromatic heterocycles. The standard InChI is InChI=1S/C24H29N3O2S/c28-23-10-5-15-27(23)17-19-7-2-1-6-18(19)16-25-24(30)26-20-11-13-22(14-12-20)29-21-8-3-4-9-21/h1-2,6-7,11-14,21H,3-5,8-10,15-17H2,(H2,25,26,30). The van der Waals surface area contributed by atoms with Crippen LogP contribution < -0.4 is 15.4 Å². The van der Waals surface area contributed by atoms with Gasteiger partial charge in [0.25, 0.3) is 0 Å². The summed E-state index contributed by atoms with van der Waals surface area (Å²) in [7, 11) is 0. The number of thiocarbonyl (C=S) groups is 1. The molecule has 4 rings (SSSR count). The maximum atomic E-state index is 12.0. The van der Waals surface area contributed by atoms with Crippen molar-refractivity contribution in [3.8, 4) is 5.75 Å². The van der Waals surface area contributed by atoms with Crippen molar-refractivity contribution in [2.75, 3.05) is 11.9 Å². The molecule has 2 fully saturated rings. The van der Waals surface area contributed by atoms with Gasteiger partial charge in [-0.15, -0.1) is 0 Å². The molecule has 0 spiro atoms. The van der Waals surface area contributed by atoms with E-state index in [-0.39, 0.29) is 5.91 Å². The molecule has 1 aliphatic heterocycles. The van der Waals surface area contributed by atoms with E-state index in [4.69, 9.17) is 17.0 Å². The highest BCUT2D eigenvalue weighted by molar-refractivity contribution is 7.80. The third-order valence-electron chi connectivity index (χ3n) is 5.81. The number of carbonyl (C=O) groups excluding carboxylic acids is 1. The first-order valence-corrected chi connectivity index (χ1v) is 11.2. The number of ether oxygens (including phenoxy) is 1. The normalized spacial score (nSPS) is 16.7. The Bertz CT molecular complexity index is 878. The van der Waals surface area contributed by atoms with E-state index in [0.717, 1.165) is 48.4 Å². The van der Waals surface area contributed by atoms with Gasteiger partial charge in [0.15, 0.2) is 5.11 Å². The van der Waals surface area contributed by atoms with Gasteiger partial charge in [-0.05, 0) is 79.7 Å². The molecule has 1 aliphatic carbocycles. The Labute approximate surface area is 183 Å². The minimum absolute atomic E-state index is 0.246. The van der Waals surface area contributed by atoms with E-state index < -0.39 is 0 Å². The molecule has 2 aliphatic rings. The topological polar surface area (TPSA) is 53.6 Å². The highest BCUT2D eigenvalue weighted by Crippen LogP contribution is 2.25. The van der Waals surface area contributed by atoms with Crippen LogP contribution in [0.15, 0.2) is 48.5 Å². The predicted molar refractivity (Wildman–Crippen MR) is 123 cm³/mol. The average Bonchev–Trinajstić information content (AvgIpc) is 3.41. The van der Waals surface area contributed by atoms with E-state index in [1.807, 2.05) is 41.3 Å². The molecule has 30 heavy (non-hydrogen) atoms. The lowest BCUT2D eigenvalue weighted by Crippen LogP contribution is -2.29. The molecule has 0 radical (unpaired) electrons. The van der Waals surface area contributed by atoms with E-state index in [0.29, 0.717) is 30.7 Å². The zero-order chi connectivity index (χ0) is 20.8. The van der Waals surface area contributed by atoms with E-state index in [1.165, 1.54) is 12.8 Å². The number of anilines is 1. The van der Waals surface area contributed by atoms with Crippen molar-refractivity contribution >= 4 is 28.9 Å². The average molecular weight is 424 g/mol. The second-order valence-corrected chi connectivity index (χ2v) is 8.45. The van der Waals surface area contributed by atoms with Crippen molar-refractivity contribution in [1.29, 1.82) is 0 Å². The number of nitrogens with zero attached hydrogens (tertiary/aromatic N) is 1. The Morgan fingerprint density at radius 3 is 2.47 bits per heavy atom. The van der Waals surface area contributed by atoms with Gasteiger partial charge in [0.2, 0.25) is 5.91 Å². The number of amides is 1. The van der Waals surface area contributed by atoms with Crippen LogP contribution in [0.25, 0.3) is 0 Å². The summed E-state index contributed by atoms with van der Waals surface area (Å²) in [5, 5.41) is 7.09. The molecule has 2 aromatic rings. The Balaban J connectivity index is 1.28. The SMILES string of the molecule is O=C1CCCN1Cc1ccccc1CNC(=S)Nc1ccc(OC2CCCC2)cc1. The summed E-state index contributed by atoms with van der Waals surface area (Å²) in [5.41, 5.74) is 3.25. The molecule has 6 heteroatoms. The fourth-order valence-corrected chi connectivity index (χ4v) is 4.32. The largest absolute Gasteiger partial charge is 0.490 e. The highest BCUT2D eigenvalue weighted by Gasteiger charge is 2.21. The molecule has 1 amide bonds. The van der Waals surface area contributed by atoms with Gasteiger partial charge in [-0.3, -0.25) is 4.79 Å². The van der Waals surface area contributed by atoms with E-state index in [1.54, 1.807) is 0 Å². The van der Waals surface area contributed by atoms with Gasteiger partial charge in [0.1, 0.15) is 5.75 Å². The molecule has 0 atom stereocenters. The Morgan fingerprint density at radius 2 is 1.77 bits per heavy atom. The van der Waals surface area contributed by atoms with E-state index in [9.17, 15) is 4.79 Å². The first-order valence-electron chi connectivity index (χ1n) is 10.8. The van der Waals surface area contributed by atoms with Crippen LogP contribution in [0.1, 0.15) is 49.7 Å². The lowest BCUT2D eigenvalue weighted by molar-refractivity contribution is -0.128. The maximum absolute atomic E-state index is 12.0. The van der Waals surface area contributed by atoms with Gasteiger partial charge >= 0.3 is 0 Å². The molecular formula is C24H29N3O2S. The third-order valence-corrected chi connectivity index (χ3v) is 6.05. The van der Waals surface area contributed by atoms with Crippen LogP contribution in [0.4, 0.5) is 5.69 Å². The molecule has 0 bridgehead atoms. The molecule has 1 heterocycles. The number of carbonyl (C=O) groups is 1. The fraction of sp³-hybridized carbons (Fsp3) is 0.417. The molecule has 2 N–H and O–H groups in total. The van der Waals surface area contributed by atoms with Crippen LogP contribution in [0.3, 0.4) is 0 Å². The summed E-state index contributed by atoms with van der Waals surface area (Å²) >= 11 is 5.47. The van der Waals surface area contributed by atoms with Crippen LogP contribution in [-0.2, 0) is 17.9 Å². The van der Waals surface area contributed by atoms with Gasteiger partial charge in [-0.1, -0.05) is 24.3 Å². The maximum Gasteiger partial charge on any atom is 0.222 e. The summed E-state index contributed by atoms with van der Waals surface area (Å²) in [5.74, 6) is 1.16. The number of nitrogens with one attached hydrogen (secondary N) is 2. The molecule has 1 saturated heterocycles. The summed E-state index contributed by atoms with van der Waals surface area (Å²) in [4.78, 5) is 13.9. The summed E-state index contributed by atoms with van der Waals surface area (Å²) < 4.78 is 6.01. The highest BCUT2D eigenvalue weighted by atomic mass is 32.1. The van der Waals surface area contributed by atoms with Crippen LogP contribution in [0.2, 0.25) is 0 Å². The van der Waals surface area contributed by atoms with E-state index >= 15 is 0 Å². The molecule has 1 saturated carbocycles. The van der Waals surface area contributed by atoms with Crippen LogP contribution >= 0.6 is 12.2 Å². The minimum atomic E-state index is 0.246. The number of benzene rings is 2. The lowest BCUT2D eigenvalue weighted by atomic mass is 10.1. The molecule has 2 aromatic carbocycles. The van der Waals surface area contributed by atoms with Crippen molar-refractivity contribution in [3.63, 3.8) is 0 Å². The number of hydrogen-bond acceptors (Lipinski definition) is 3. The summed E-state index contributed by atoms with van der Waals surface area (Å²) in [6.45, 7) is 2.13. The van der Waals surface area contributed by atoms with Gasteiger partial charge in [0.05, 0.1) is 6.10 Å². The van der Waals surface area contributed by atoms with Gasteiger partial charge < -0.3 is 20.3 Å². The quantitative estimate of drug-likeness (QED) is 0.637. The molecular weight excluding hydrogens is 394 g/mol. The second-order valence-electron chi connectivity index (χ2n) is 8.04. The van der Waals surface area contributed by atoms with Crippen molar-refractivity contribution in [1.82, 2.24) is 10.2 Å². The summed E-state index contributed by atoms with van der Waals surface area (Å²) in [6, 6.07) is 16.2. The van der Waals surface area contributed by atoms with Crippen molar-refractivity contribution in [2.45, 2.75) is 57.7 Å². The van der Waals surface area contributed by atoms with Crippen molar-refractivity contribution in [2.24, 2.45) is 0 Å². The monoisotopic (exact) mass is 423 g/mol. The van der Waals surface area contributed by atoms with Gasteiger partial charge in [-0.2, -0.15) is 0 Å². The Morgan fingerprint density at radius 1 is 1.03 bits per heavy atom. The first kappa shape index (κ1) is 20.7. The fourth-order valence-electron chi connectivity index (χ4n) is 4.13. The van der Waals surface area contributed by atoms with E-state index in [2.05, 4.69) is 22.8 Å². The van der Waals surface area contributed by atoms with Crippen molar-refractivity contribution < 1.29 is 9.53 Å². The number of rotatable bonds is 7. The zero-order valence-electron chi connectivity index (χ0n) is 17.2. The van der Waals surface area contributed by atoms with Crippen molar-refractivity contribution in [3.05, 3.63) is 59.7 Å². The Kier molecular flexibility index (Phi) is 6.84. The summed E-state index contributed by atoms with van der Waals surface area (Å²) in [6.07, 6.45) is 6.82. The lowest BCUT2D eigenvalue weighted by Gasteiger charge is -2.19.